The summed E-state index contributed by atoms with van der Waals surface area (Å²) in [5, 5.41) is 5.78. The maximum Gasteiger partial charge on any atom is 0.240 e. The second-order valence-corrected chi connectivity index (χ2v) is 6.48. The summed E-state index contributed by atoms with van der Waals surface area (Å²) >= 11 is 0. The van der Waals surface area contributed by atoms with Crippen LogP contribution in [-0.4, -0.2) is 24.0 Å². The van der Waals surface area contributed by atoms with E-state index in [-0.39, 0.29) is 24.0 Å². The average Bonchev–Trinajstić information content (AvgIpc) is 3.30. The summed E-state index contributed by atoms with van der Waals surface area (Å²) in [6, 6.07) is 7.37. The number of hydrogen-bond acceptors (Lipinski definition) is 3. The molecule has 5 heteroatoms. The van der Waals surface area contributed by atoms with Crippen LogP contribution >= 0.6 is 0 Å². The zero-order valence-corrected chi connectivity index (χ0v) is 14.3. The minimum absolute atomic E-state index is 0.0108. The lowest BCUT2D eigenvalue weighted by molar-refractivity contribution is -0.134. The number of carbonyl (C=O) groups is 2. The maximum absolute atomic E-state index is 12.6. The molecular formula is C18H26N2O3. The predicted molar refractivity (Wildman–Crippen MR) is 90.4 cm³/mol. The molecule has 1 fully saturated rings. The van der Waals surface area contributed by atoms with Crippen molar-refractivity contribution in [1.29, 1.82) is 0 Å². The number of amides is 2. The van der Waals surface area contributed by atoms with Crippen LogP contribution in [0.25, 0.3) is 0 Å². The lowest BCUT2D eigenvalue weighted by Gasteiger charge is -2.20. The Hall–Kier alpha value is -2.04. The third-order valence-electron chi connectivity index (χ3n) is 4.11. The van der Waals surface area contributed by atoms with Gasteiger partial charge in [-0.05, 0) is 52.2 Å². The van der Waals surface area contributed by atoms with Crippen LogP contribution in [0.5, 0.6) is 5.75 Å². The van der Waals surface area contributed by atoms with E-state index in [1.807, 2.05) is 45.9 Å². The number of hydrogen-bond donors (Lipinski definition) is 2. The Balaban J connectivity index is 2.09. The molecule has 0 bridgehead atoms. The van der Waals surface area contributed by atoms with Gasteiger partial charge in [0, 0.05) is 6.04 Å². The number of ether oxygens (including phenoxy) is 1. The summed E-state index contributed by atoms with van der Waals surface area (Å²) < 4.78 is 5.71. The second kappa shape index (κ2) is 7.02. The van der Waals surface area contributed by atoms with Crippen LogP contribution in [0.4, 0.5) is 5.69 Å². The van der Waals surface area contributed by atoms with Crippen LogP contribution in [-0.2, 0) is 9.59 Å². The first-order chi connectivity index (χ1) is 10.9. The van der Waals surface area contributed by atoms with Crippen LogP contribution in [0, 0.1) is 5.41 Å². The van der Waals surface area contributed by atoms with Crippen molar-refractivity contribution in [3.8, 4) is 5.75 Å². The van der Waals surface area contributed by atoms with Crippen molar-refractivity contribution in [3.63, 3.8) is 0 Å². The summed E-state index contributed by atoms with van der Waals surface area (Å²) in [5.74, 6) is 0.193. The third-order valence-corrected chi connectivity index (χ3v) is 4.11. The highest BCUT2D eigenvalue weighted by Crippen LogP contribution is 2.47. The minimum Gasteiger partial charge on any atom is -0.489 e. The minimum atomic E-state index is -0.922. The van der Waals surface area contributed by atoms with Gasteiger partial charge in [0.1, 0.15) is 11.2 Å². The van der Waals surface area contributed by atoms with Gasteiger partial charge in [-0.15, -0.1) is 0 Å². The fourth-order valence-corrected chi connectivity index (χ4v) is 2.31. The molecule has 2 rings (SSSR count). The van der Waals surface area contributed by atoms with Gasteiger partial charge in [0.05, 0.1) is 11.8 Å². The van der Waals surface area contributed by atoms with E-state index >= 15 is 0 Å². The van der Waals surface area contributed by atoms with Crippen LogP contribution in [0.15, 0.2) is 24.3 Å². The largest absolute Gasteiger partial charge is 0.489 e. The second-order valence-electron chi connectivity index (χ2n) is 6.48. The summed E-state index contributed by atoms with van der Waals surface area (Å²) in [5.41, 5.74) is -0.317. The smallest absolute Gasteiger partial charge is 0.240 e. The van der Waals surface area contributed by atoms with Gasteiger partial charge in [-0.1, -0.05) is 19.1 Å². The van der Waals surface area contributed by atoms with E-state index in [1.165, 1.54) is 0 Å². The van der Waals surface area contributed by atoms with Gasteiger partial charge in [-0.2, -0.15) is 0 Å². The van der Waals surface area contributed by atoms with Gasteiger partial charge in [0.15, 0.2) is 0 Å². The molecule has 5 nitrogen and oxygen atoms in total. The van der Waals surface area contributed by atoms with E-state index in [4.69, 9.17) is 4.74 Å². The Morgan fingerprint density at radius 1 is 1.17 bits per heavy atom. The molecule has 1 aromatic carbocycles. The van der Waals surface area contributed by atoms with Gasteiger partial charge in [-0.25, -0.2) is 0 Å². The maximum atomic E-state index is 12.6. The van der Waals surface area contributed by atoms with Gasteiger partial charge in [0.25, 0.3) is 0 Å². The quantitative estimate of drug-likeness (QED) is 0.759. The first-order valence-electron chi connectivity index (χ1n) is 8.27. The van der Waals surface area contributed by atoms with Crippen molar-refractivity contribution in [2.45, 2.75) is 59.1 Å². The SMILES string of the molecule is CCC(C)NC(=O)C1(C(=O)Nc2ccccc2OC(C)C)CC1. The molecule has 126 valence electrons. The van der Waals surface area contributed by atoms with E-state index < -0.39 is 5.41 Å². The van der Waals surface area contributed by atoms with Gasteiger partial charge < -0.3 is 15.4 Å². The van der Waals surface area contributed by atoms with Crippen molar-refractivity contribution in [2.24, 2.45) is 5.41 Å². The topological polar surface area (TPSA) is 67.4 Å². The van der Waals surface area contributed by atoms with E-state index in [9.17, 15) is 9.59 Å². The molecule has 0 radical (unpaired) electrons. The summed E-state index contributed by atoms with van der Waals surface area (Å²) in [6.45, 7) is 7.81. The van der Waals surface area contributed by atoms with Crippen LogP contribution < -0.4 is 15.4 Å². The molecule has 0 heterocycles. The van der Waals surface area contributed by atoms with E-state index in [0.29, 0.717) is 24.3 Å². The molecular weight excluding hydrogens is 292 g/mol. The van der Waals surface area contributed by atoms with Crippen LogP contribution in [0.1, 0.15) is 47.0 Å². The molecule has 2 N–H and O–H groups in total. The van der Waals surface area contributed by atoms with E-state index in [0.717, 1.165) is 6.42 Å². The van der Waals surface area contributed by atoms with Gasteiger partial charge >= 0.3 is 0 Å². The Labute approximate surface area is 137 Å². The number of benzene rings is 1. The zero-order valence-electron chi connectivity index (χ0n) is 14.3. The highest BCUT2D eigenvalue weighted by molar-refractivity contribution is 6.13. The van der Waals surface area contributed by atoms with E-state index in [1.54, 1.807) is 6.07 Å². The van der Waals surface area contributed by atoms with Crippen molar-refractivity contribution < 1.29 is 14.3 Å². The fourth-order valence-electron chi connectivity index (χ4n) is 2.31. The van der Waals surface area contributed by atoms with Crippen LogP contribution in [0.3, 0.4) is 0 Å². The molecule has 1 unspecified atom stereocenters. The highest BCUT2D eigenvalue weighted by Gasteiger charge is 2.56. The standard InChI is InChI=1S/C18H26N2O3/c1-5-13(4)19-16(21)18(10-11-18)17(22)20-14-8-6-7-9-15(14)23-12(2)3/h6-9,12-13H,5,10-11H2,1-4H3,(H,19,21)(H,20,22). The molecule has 23 heavy (non-hydrogen) atoms. The van der Waals surface area contributed by atoms with E-state index in [2.05, 4.69) is 10.6 Å². The third kappa shape index (κ3) is 4.03. The normalized spacial score (nSPS) is 16.6. The summed E-state index contributed by atoms with van der Waals surface area (Å²) in [4.78, 5) is 25.0. The monoisotopic (exact) mass is 318 g/mol. The average molecular weight is 318 g/mol. The molecule has 1 aliphatic carbocycles. The summed E-state index contributed by atoms with van der Waals surface area (Å²) in [7, 11) is 0. The zero-order chi connectivity index (χ0) is 17.0. The number of para-hydroxylation sites is 2. The van der Waals surface area contributed by atoms with Crippen molar-refractivity contribution in [3.05, 3.63) is 24.3 Å². The Morgan fingerprint density at radius 3 is 2.39 bits per heavy atom. The highest BCUT2D eigenvalue weighted by atomic mass is 16.5. The van der Waals surface area contributed by atoms with Crippen LogP contribution in [0.2, 0.25) is 0 Å². The molecule has 1 aromatic rings. The molecule has 1 aliphatic rings. The molecule has 1 saturated carbocycles. The molecule has 0 saturated heterocycles. The number of nitrogens with one attached hydrogen (secondary N) is 2. The fraction of sp³-hybridized carbons (Fsp3) is 0.556. The Bertz CT molecular complexity index is 579. The first-order valence-corrected chi connectivity index (χ1v) is 8.27. The predicted octanol–water partition coefficient (Wildman–Crippen LogP) is 3.11. The molecule has 1 atom stereocenters. The first kappa shape index (κ1) is 17.3. The molecule has 0 aliphatic heterocycles. The van der Waals surface area contributed by atoms with Crippen molar-refractivity contribution in [1.82, 2.24) is 5.32 Å². The van der Waals surface area contributed by atoms with Crippen molar-refractivity contribution >= 4 is 17.5 Å². The number of anilines is 1. The molecule has 2 amide bonds. The number of rotatable bonds is 7. The number of carbonyl (C=O) groups excluding carboxylic acids is 2. The Morgan fingerprint density at radius 2 is 1.83 bits per heavy atom. The molecule has 0 aromatic heterocycles. The Kier molecular flexibility index (Phi) is 5.29. The lowest BCUT2D eigenvalue weighted by Crippen LogP contribution is -2.43. The molecule has 0 spiro atoms. The van der Waals surface area contributed by atoms with Gasteiger partial charge in [0.2, 0.25) is 11.8 Å². The summed E-state index contributed by atoms with van der Waals surface area (Å²) in [6.07, 6.45) is 2.04. The van der Waals surface area contributed by atoms with Crippen molar-refractivity contribution in [2.75, 3.05) is 5.32 Å². The van der Waals surface area contributed by atoms with Gasteiger partial charge in [-0.3, -0.25) is 9.59 Å². The lowest BCUT2D eigenvalue weighted by atomic mass is 10.0.